The number of amides is 1. The first kappa shape index (κ1) is 31.8. The molecule has 0 aliphatic carbocycles. The van der Waals surface area contributed by atoms with Crippen LogP contribution in [0.2, 0.25) is 0 Å². The molecular formula is C25H28N4O8S2. The predicted octanol–water partition coefficient (Wildman–Crippen LogP) is 3.80. The van der Waals surface area contributed by atoms with Crippen molar-refractivity contribution in [2.24, 2.45) is 5.11 Å². The van der Waals surface area contributed by atoms with Gasteiger partial charge in [0.1, 0.15) is 6.61 Å². The number of anilines is 1. The molecule has 0 saturated carbocycles. The van der Waals surface area contributed by atoms with Crippen molar-refractivity contribution in [1.29, 1.82) is 0 Å². The molecule has 0 spiro atoms. The van der Waals surface area contributed by atoms with E-state index in [1.807, 2.05) is 30.3 Å². The lowest BCUT2D eigenvalue weighted by molar-refractivity contribution is -0.134. The molecule has 1 amide bonds. The van der Waals surface area contributed by atoms with Crippen LogP contribution in [0.1, 0.15) is 15.9 Å². The monoisotopic (exact) mass is 576 g/mol. The molecule has 0 radical (unpaired) electrons. The lowest BCUT2D eigenvalue weighted by Crippen LogP contribution is -2.20. The fourth-order valence-electron chi connectivity index (χ4n) is 2.97. The topological polar surface area (TPSA) is 177 Å². The van der Waals surface area contributed by atoms with Crippen LogP contribution in [-0.4, -0.2) is 79.2 Å². The molecule has 2 aromatic carbocycles. The second-order valence-electron chi connectivity index (χ2n) is 7.63. The molecule has 208 valence electrons. The SMILES string of the molecule is [N-]=[N+]=NCCOCCOCCOCC(=O)Nc1cc(CC(=O)Sc2ccccc2)cc(C(=O)SCC(=O)O)c1. The van der Waals surface area contributed by atoms with Crippen LogP contribution in [0.4, 0.5) is 5.69 Å². The summed E-state index contributed by atoms with van der Waals surface area (Å²) in [6, 6.07) is 13.6. The third kappa shape index (κ3) is 14.4. The number of rotatable bonds is 18. The number of carboxylic acid groups (broad SMARTS) is 1. The molecule has 0 unspecified atom stereocenters. The molecule has 0 aliphatic heterocycles. The Morgan fingerprint density at radius 3 is 2.33 bits per heavy atom. The zero-order valence-electron chi connectivity index (χ0n) is 20.9. The maximum absolute atomic E-state index is 12.6. The number of hydrogen-bond donors (Lipinski definition) is 2. The summed E-state index contributed by atoms with van der Waals surface area (Å²) in [4.78, 5) is 51.7. The van der Waals surface area contributed by atoms with Gasteiger partial charge in [0.25, 0.3) is 0 Å². The largest absolute Gasteiger partial charge is 0.481 e. The van der Waals surface area contributed by atoms with Gasteiger partial charge in [0.05, 0.1) is 38.8 Å². The van der Waals surface area contributed by atoms with E-state index in [0.29, 0.717) is 37.1 Å². The lowest BCUT2D eigenvalue weighted by atomic mass is 10.1. The molecule has 14 heteroatoms. The summed E-state index contributed by atoms with van der Waals surface area (Å²) in [5.74, 6) is -2.02. The first-order valence-electron chi connectivity index (χ1n) is 11.7. The van der Waals surface area contributed by atoms with E-state index in [-0.39, 0.29) is 49.2 Å². The Labute approximate surface area is 233 Å². The Bertz CT molecular complexity index is 1160. The summed E-state index contributed by atoms with van der Waals surface area (Å²) in [7, 11) is 0. The Morgan fingerprint density at radius 2 is 1.64 bits per heavy atom. The van der Waals surface area contributed by atoms with Crippen LogP contribution in [0, 0.1) is 0 Å². The van der Waals surface area contributed by atoms with Crippen LogP contribution in [0.5, 0.6) is 0 Å². The van der Waals surface area contributed by atoms with Crippen LogP contribution in [0.3, 0.4) is 0 Å². The highest BCUT2D eigenvalue weighted by molar-refractivity contribution is 8.14. The van der Waals surface area contributed by atoms with Gasteiger partial charge in [-0.2, -0.15) is 0 Å². The number of azide groups is 1. The molecule has 0 bridgehead atoms. The number of carbonyl (C=O) groups is 4. The number of carbonyl (C=O) groups excluding carboxylic acids is 3. The van der Waals surface area contributed by atoms with Crippen molar-refractivity contribution >= 4 is 51.3 Å². The maximum atomic E-state index is 12.6. The number of nitrogens with zero attached hydrogens (tertiary/aromatic N) is 3. The number of carboxylic acids is 1. The van der Waals surface area contributed by atoms with Crippen molar-refractivity contribution < 1.29 is 38.5 Å². The van der Waals surface area contributed by atoms with Gasteiger partial charge in [0.2, 0.25) is 11.0 Å². The molecule has 0 fully saturated rings. The van der Waals surface area contributed by atoms with Gasteiger partial charge >= 0.3 is 5.97 Å². The van der Waals surface area contributed by atoms with Crippen molar-refractivity contribution in [3.8, 4) is 0 Å². The smallest absolute Gasteiger partial charge is 0.313 e. The van der Waals surface area contributed by atoms with Crippen molar-refractivity contribution in [3.05, 3.63) is 70.1 Å². The predicted molar refractivity (Wildman–Crippen MR) is 147 cm³/mol. The fraction of sp³-hybridized carbons (Fsp3) is 0.360. The van der Waals surface area contributed by atoms with E-state index in [9.17, 15) is 19.2 Å². The van der Waals surface area contributed by atoms with Crippen LogP contribution >= 0.6 is 23.5 Å². The highest BCUT2D eigenvalue weighted by atomic mass is 32.2. The first-order valence-corrected chi connectivity index (χ1v) is 13.5. The van der Waals surface area contributed by atoms with Gasteiger partial charge in [-0.1, -0.05) is 46.8 Å². The van der Waals surface area contributed by atoms with Crippen LogP contribution < -0.4 is 5.32 Å². The van der Waals surface area contributed by atoms with E-state index in [0.717, 1.165) is 16.7 Å². The maximum Gasteiger partial charge on any atom is 0.313 e. The average Bonchev–Trinajstić information content (AvgIpc) is 2.90. The molecule has 0 saturated heterocycles. The van der Waals surface area contributed by atoms with Gasteiger partial charge in [-0.05, 0) is 41.4 Å². The standard InChI is InChI=1S/C25H28N4O8S2/c26-29-27-6-7-35-8-9-36-10-11-37-16-22(30)28-20-13-18(12-19(15-20)25(34)38-17-23(31)32)14-24(33)39-21-4-2-1-3-5-21/h1-5,12-13,15H,6-11,14,16-17H2,(H,28,30)(H,31,32). The van der Waals surface area contributed by atoms with Crippen molar-refractivity contribution in [2.45, 2.75) is 11.3 Å². The minimum absolute atomic E-state index is 0.00373. The highest BCUT2D eigenvalue weighted by Gasteiger charge is 2.15. The summed E-state index contributed by atoms with van der Waals surface area (Å²) in [6.45, 7) is 1.33. The average molecular weight is 577 g/mol. The number of nitrogens with one attached hydrogen (secondary N) is 1. The van der Waals surface area contributed by atoms with E-state index in [2.05, 4.69) is 15.3 Å². The molecule has 0 aliphatic rings. The van der Waals surface area contributed by atoms with E-state index < -0.39 is 22.7 Å². The third-order valence-corrected chi connectivity index (χ3v) is 6.31. The lowest BCUT2D eigenvalue weighted by Gasteiger charge is -2.11. The first-order chi connectivity index (χ1) is 18.9. The molecule has 2 rings (SSSR count). The molecule has 0 heterocycles. The van der Waals surface area contributed by atoms with Crippen LogP contribution in [0.15, 0.2) is 58.5 Å². The van der Waals surface area contributed by atoms with Crippen LogP contribution in [-0.2, 0) is 35.0 Å². The second-order valence-corrected chi connectivity index (χ2v) is 9.71. The molecular weight excluding hydrogens is 548 g/mol. The Balaban J connectivity index is 1.88. The summed E-state index contributed by atoms with van der Waals surface area (Å²) >= 11 is 1.68. The molecule has 0 aromatic heterocycles. The van der Waals surface area contributed by atoms with Gasteiger partial charge in [-0.25, -0.2) is 0 Å². The quantitative estimate of drug-likeness (QED) is 0.0872. The van der Waals surface area contributed by atoms with Gasteiger partial charge in [-0.15, -0.1) is 0 Å². The number of benzene rings is 2. The summed E-state index contributed by atoms with van der Waals surface area (Å²) < 4.78 is 15.8. The summed E-state index contributed by atoms with van der Waals surface area (Å²) in [5, 5.41) is 14.2. The molecule has 2 aromatic rings. The van der Waals surface area contributed by atoms with Gasteiger partial charge in [0.15, 0.2) is 5.12 Å². The van der Waals surface area contributed by atoms with Gasteiger partial charge in [-0.3, -0.25) is 19.2 Å². The van der Waals surface area contributed by atoms with Gasteiger partial charge < -0.3 is 24.6 Å². The molecule has 39 heavy (non-hydrogen) atoms. The summed E-state index contributed by atoms with van der Waals surface area (Å²) in [5.41, 5.74) is 9.11. The number of hydrogen-bond acceptors (Lipinski definition) is 10. The van der Waals surface area contributed by atoms with E-state index in [1.165, 1.54) is 12.1 Å². The van der Waals surface area contributed by atoms with Gasteiger partial charge in [0, 0.05) is 34.0 Å². The fourth-order valence-corrected chi connectivity index (χ4v) is 4.30. The second kappa shape index (κ2) is 18.8. The van der Waals surface area contributed by atoms with E-state index in [4.69, 9.17) is 24.8 Å². The number of thioether (sulfide) groups is 2. The number of aliphatic carboxylic acids is 1. The number of ether oxygens (including phenoxy) is 3. The third-order valence-electron chi connectivity index (χ3n) is 4.54. The summed E-state index contributed by atoms with van der Waals surface area (Å²) in [6.07, 6.45) is -0.00373. The van der Waals surface area contributed by atoms with E-state index in [1.54, 1.807) is 6.07 Å². The normalized spacial score (nSPS) is 10.5. The molecule has 2 N–H and O–H groups in total. The van der Waals surface area contributed by atoms with Crippen molar-refractivity contribution in [2.75, 3.05) is 57.3 Å². The molecule has 0 atom stereocenters. The molecule has 12 nitrogen and oxygen atoms in total. The Morgan fingerprint density at radius 1 is 0.949 bits per heavy atom. The van der Waals surface area contributed by atoms with Crippen LogP contribution in [0.25, 0.3) is 10.4 Å². The highest BCUT2D eigenvalue weighted by Crippen LogP contribution is 2.24. The van der Waals surface area contributed by atoms with Crippen molar-refractivity contribution in [1.82, 2.24) is 0 Å². The zero-order chi connectivity index (χ0) is 28.3. The minimum atomic E-state index is -1.13. The Hall–Kier alpha value is -3.39. The Kier molecular flexibility index (Phi) is 15.3. The zero-order valence-corrected chi connectivity index (χ0v) is 22.6. The van der Waals surface area contributed by atoms with Crippen molar-refractivity contribution in [3.63, 3.8) is 0 Å². The van der Waals surface area contributed by atoms with E-state index >= 15 is 0 Å². The minimum Gasteiger partial charge on any atom is -0.481 e.